The van der Waals surface area contributed by atoms with Crippen LogP contribution in [-0.2, 0) is 16.1 Å². The molecule has 0 aliphatic carbocycles. The molecule has 1 amide bonds. The van der Waals surface area contributed by atoms with Crippen molar-refractivity contribution >= 4 is 17.5 Å². The Morgan fingerprint density at radius 1 is 1.50 bits per heavy atom. The zero-order valence-corrected chi connectivity index (χ0v) is 11.0. The molecule has 0 radical (unpaired) electrons. The number of hydrogen-bond acceptors (Lipinski definition) is 3. The Hall–Kier alpha value is -1.10. The van der Waals surface area contributed by atoms with Gasteiger partial charge in [0.2, 0.25) is 5.91 Å². The zero-order valence-electron chi connectivity index (χ0n) is 10.2. The molecule has 0 aromatic heterocycles. The van der Waals surface area contributed by atoms with Crippen LogP contribution in [0.15, 0.2) is 24.3 Å². The number of amides is 1. The highest BCUT2D eigenvalue weighted by Crippen LogP contribution is 2.22. The molecular formula is C13H16ClNO3. The molecule has 98 valence electrons. The third-order valence-electron chi connectivity index (χ3n) is 3.08. The van der Waals surface area contributed by atoms with Crippen LogP contribution in [0.4, 0.5) is 0 Å². The lowest BCUT2D eigenvalue weighted by Gasteiger charge is -2.39. The molecule has 2 rings (SSSR count). The molecule has 1 aromatic rings. The minimum Gasteiger partial charge on any atom is -0.393 e. The van der Waals surface area contributed by atoms with Crippen LogP contribution in [0.2, 0.25) is 5.02 Å². The molecule has 1 unspecified atom stereocenters. The number of aliphatic hydroxyl groups excluding tert-OH is 1. The summed E-state index contributed by atoms with van der Waals surface area (Å²) < 4.78 is 5.35. The maximum atomic E-state index is 11.8. The fourth-order valence-electron chi connectivity index (χ4n) is 1.94. The zero-order chi connectivity index (χ0) is 13.2. The SMILES string of the molecule is CC1(CO)CN(Cc2ccccc2Cl)C(=O)CO1. The molecule has 5 heteroatoms. The van der Waals surface area contributed by atoms with Crippen molar-refractivity contribution in [2.24, 2.45) is 0 Å². The molecule has 1 fully saturated rings. The third kappa shape index (κ3) is 2.83. The molecule has 1 heterocycles. The maximum Gasteiger partial charge on any atom is 0.249 e. The molecular weight excluding hydrogens is 254 g/mol. The predicted molar refractivity (Wildman–Crippen MR) is 68.3 cm³/mol. The maximum absolute atomic E-state index is 11.8. The third-order valence-corrected chi connectivity index (χ3v) is 3.44. The van der Waals surface area contributed by atoms with Crippen molar-refractivity contribution < 1.29 is 14.6 Å². The Balaban J connectivity index is 2.12. The summed E-state index contributed by atoms with van der Waals surface area (Å²) in [5.74, 6) is -0.0826. The van der Waals surface area contributed by atoms with Gasteiger partial charge in [-0.1, -0.05) is 29.8 Å². The van der Waals surface area contributed by atoms with Gasteiger partial charge in [-0.15, -0.1) is 0 Å². The topological polar surface area (TPSA) is 49.8 Å². The number of carbonyl (C=O) groups excluding carboxylic acids is 1. The lowest BCUT2D eigenvalue weighted by molar-refractivity contribution is -0.167. The van der Waals surface area contributed by atoms with Gasteiger partial charge in [0.25, 0.3) is 0 Å². The lowest BCUT2D eigenvalue weighted by atomic mass is 10.0. The molecule has 1 aliphatic heterocycles. The standard InChI is InChI=1S/C13H16ClNO3/c1-13(9-16)8-15(12(17)7-18-13)6-10-4-2-3-5-11(10)14/h2-5,16H,6-9H2,1H3. The number of hydrogen-bond donors (Lipinski definition) is 1. The summed E-state index contributed by atoms with van der Waals surface area (Å²) in [5, 5.41) is 9.93. The van der Waals surface area contributed by atoms with Crippen LogP contribution in [0, 0.1) is 0 Å². The number of ether oxygens (including phenoxy) is 1. The first-order valence-electron chi connectivity index (χ1n) is 5.80. The van der Waals surface area contributed by atoms with E-state index in [2.05, 4.69) is 0 Å². The van der Waals surface area contributed by atoms with Gasteiger partial charge in [0.1, 0.15) is 12.2 Å². The van der Waals surface area contributed by atoms with Gasteiger partial charge in [0, 0.05) is 11.6 Å². The quantitative estimate of drug-likeness (QED) is 0.904. The van der Waals surface area contributed by atoms with Crippen molar-refractivity contribution in [1.82, 2.24) is 4.90 Å². The van der Waals surface area contributed by atoms with E-state index >= 15 is 0 Å². The fourth-order valence-corrected chi connectivity index (χ4v) is 2.13. The monoisotopic (exact) mass is 269 g/mol. The Labute approximate surface area is 111 Å². The Morgan fingerprint density at radius 3 is 2.89 bits per heavy atom. The molecule has 0 bridgehead atoms. The summed E-state index contributed by atoms with van der Waals surface area (Å²) in [5.41, 5.74) is 0.213. The smallest absolute Gasteiger partial charge is 0.249 e. The predicted octanol–water partition coefficient (Wildman–Crippen LogP) is 1.45. The first kappa shape index (κ1) is 13.3. The number of benzene rings is 1. The van der Waals surface area contributed by atoms with E-state index in [-0.39, 0.29) is 19.1 Å². The van der Waals surface area contributed by atoms with Gasteiger partial charge in [0.05, 0.1) is 13.2 Å². The van der Waals surface area contributed by atoms with Crippen molar-refractivity contribution in [2.75, 3.05) is 19.8 Å². The normalized spacial score (nSPS) is 24.4. The fraction of sp³-hybridized carbons (Fsp3) is 0.462. The molecule has 0 saturated carbocycles. The summed E-state index contributed by atoms with van der Waals surface area (Å²) in [6, 6.07) is 7.43. The van der Waals surface area contributed by atoms with Crippen molar-refractivity contribution in [1.29, 1.82) is 0 Å². The van der Waals surface area contributed by atoms with Crippen LogP contribution in [0.25, 0.3) is 0 Å². The Bertz CT molecular complexity index is 452. The van der Waals surface area contributed by atoms with Crippen LogP contribution in [0.5, 0.6) is 0 Å². The second-order valence-electron chi connectivity index (χ2n) is 4.74. The van der Waals surface area contributed by atoms with Crippen molar-refractivity contribution in [2.45, 2.75) is 19.1 Å². The number of halogens is 1. The van der Waals surface area contributed by atoms with Gasteiger partial charge in [0.15, 0.2) is 0 Å². The number of rotatable bonds is 3. The van der Waals surface area contributed by atoms with E-state index in [1.807, 2.05) is 18.2 Å². The molecule has 18 heavy (non-hydrogen) atoms. The van der Waals surface area contributed by atoms with Crippen molar-refractivity contribution in [3.05, 3.63) is 34.9 Å². The van der Waals surface area contributed by atoms with E-state index in [9.17, 15) is 9.90 Å². The Kier molecular flexibility index (Phi) is 3.90. The van der Waals surface area contributed by atoms with E-state index < -0.39 is 5.60 Å². The van der Waals surface area contributed by atoms with Crippen LogP contribution < -0.4 is 0 Å². The molecule has 1 saturated heterocycles. The average molecular weight is 270 g/mol. The summed E-state index contributed by atoms with van der Waals surface area (Å²) in [4.78, 5) is 13.5. The van der Waals surface area contributed by atoms with Gasteiger partial charge in [-0.05, 0) is 18.6 Å². The molecule has 1 aliphatic rings. The highest BCUT2D eigenvalue weighted by molar-refractivity contribution is 6.31. The minimum absolute atomic E-state index is 0.00150. The van der Waals surface area contributed by atoms with E-state index in [1.54, 1.807) is 17.9 Å². The van der Waals surface area contributed by atoms with Crippen LogP contribution in [-0.4, -0.2) is 41.3 Å². The first-order valence-corrected chi connectivity index (χ1v) is 6.18. The van der Waals surface area contributed by atoms with Gasteiger partial charge in [-0.3, -0.25) is 4.79 Å². The second kappa shape index (κ2) is 5.26. The summed E-state index contributed by atoms with van der Waals surface area (Å²) in [6.45, 7) is 2.49. The van der Waals surface area contributed by atoms with Gasteiger partial charge in [-0.2, -0.15) is 0 Å². The minimum atomic E-state index is -0.685. The largest absolute Gasteiger partial charge is 0.393 e. The second-order valence-corrected chi connectivity index (χ2v) is 5.15. The van der Waals surface area contributed by atoms with Crippen LogP contribution in [0.1, 0.15) is 12.5 Å². The van der Waals surface area contributed by atoms with Gasteiger partial charge in [-0.25, -0.2) is 0 Å². The van der Waals surface area contributed by atoms with Crippen molar-refractivity contribution in [3.8, 4) is 0 Å². The summed E-state index contributed by atoms with van der Waals surface area (Å²) >= 11 is 6.08. The van der Waals surface area contributed by atoms with E-state index in [0.29, 0.717) is 18.1 Å². The highest BCUT2D eigenvalue weighted by atomic mass is 35.5. The van der Waals surface area contributed by atoms with Gasteiger partial charge >= 0.3 is 0 Å². The van der Waals surface area contributed by atoms with Crippen LogP contribution in [0.3, 0.4) is 0 Å². The summed E-state index contributed by atoms with van der Waals surface area (Å²) in [6.07, 6.45) is 0. The number of carbonyl (C=O) groups is 1. The van der Waals surface area contributed by atoms with E-state index in [4.69, 9.17) is 16.3 Å². The first-order chi connectivity index (χ1) is 8.54. The molecule has 0 spiro atoms. The van der Waals surface area contributed by atoms with E-state index in [0.717, 1.165) is 5.56 Å². The average Bonchev–Trinajstić information content (AvgIpc) is 2.37. The number of nitrogens with zero attached hydrogens (tertiary/aromatic N) is 1. The summed E-state index contributed by atoms with van der Waals surface area (Å²) in [7, 11) is 0. The number of morpholine rings is 1. The molecule has 1 N–H and O–H groups in total. The Morgan fingerprint density at radius 2 is 2.22 bits per heavy atom. The molecule has 4 nitrogen and oxygen atoms in total. The highest BCUT2D eigenvalue weighted by Gasteiger charge is 2.35. The molecule has 1 aromatic carbocycles. The number of aliphatic hydroxyl groups is 1. The lowest BCUT2D eigenvalue weighted by Crippen LogP contribution is -2.54. The van der Waals surface area contributed by atoms with Crippen molar-refractivity contribution in [3.63, 3.8) is 0 Å². The van der Waals surface area contributed by atoms with Gasteiger partial charge < -0.3 is 14.7 Å². The van der Waals surface area contributed by atoms with E-state index in [1.165, 1.54) is 0 Å². The van der Waals surface area contributed by atoms with Crippen LogP contribution >= 0.6 is 11.6 Å². The molecule has 1 atom stereocenters.